The summed E-state index contributed by atoms with van der Waals surface area (Å²) in [5, 5.41) is 7.57. The molecule has 1 aliphatic heterocycles. The number of hydrogen-bond donors (Lipinski definition) is 2. The lowest BCUT2D eigenvalue weighted by molar-refractivity contribution is 0.0799. The fourth-order valence-electron chi connectivity index (χ4n) is 4.59. The monoisotopic (exact) mass is 587 g/mol. The molecule has 1 aromatic carbocycles. The van der Waals surface area contributed by atoms with Gasteiger partial charge in [-0.3, -0.25) is 13.9 Å². The minimum atomic E-state index is -1.09. The summed E-state index contributed by atoms with van der Waals surface area (Å²) >= 11 is 0. The molecule has 3 aromatic heterocycles. The maximum atomic E-state index is 14.7. The molecule has 12 nitrogen and oxygen atoms in total. The van der Waals surface area contributed by atoms with Crippen LogP contribution in [0.15, 0.2) is 41.0 Å². The molecule has 1 aliphatic rings. The topological polar surface area (TPSA) is 138 Å². The first-order valence-corrected chi connectivity index (χ1v) is 14.7. The molecule has 0 saturated carbocycles. The Morgan fingerprint density at radius 2 is 1.95 bits per heavy atom. The normalized spacial score (nSPS) is 14.9. The summed E-state index contributed by atoms with van der Waals surface area (Å²) in [6.45, 7) is 3.72. The van der Waals surface area contributed by atoms with Gasteiger partial charge in [0.25, 0.3) is 5.91 Å². The molecular weight excluding hydrogens is 556 g/mol. The number of carbonyl (C=O) groups is 1. The minimum Gasteiger partial charge on any atom is -0.463 e. The predicted octanol–water partition coefficient (Wildman–Crippen LogP) is 1.93. The zero-order chi connectivity index (χ0) is 29.1. The number of aromatic nitrogens is 4. The van der Waals surface area contributed by atoms with Gasteiger partial charge in [0.1, 0.15) is 17.3 Å². The number of hydrogen-bond acceptors (Lipinski definition) is 10. The van der Waals surface area contributed by atoms with Crippen LogP contribution in [0.5, 0.6) is 0 Å². The molecule has 0 radical (unpaired) electrons. The highest BCUT2D eigenvalue weighted by Crippen LogP contribution is 2.26. The lowest BCUT2D eigenvalue weighted by atomic mass is 10.1. The Bertz CT molecular complexity index is 1560. The third kappa shape index (κ3) is 6.46. The van der Waals surface area contributed by atoms with Crippen LogP contribution in [0.2, 0.25) is 0 Å². The van der Waals surface area contributed by atoms with Gasteiger partial charge < -0.3 is 25.3 Å². The number of carbonyl (C=O) groups excluding carboxylic acids is 1. The van der Waals surface area contributed by atoms with E-state index in [-0.39, 0.29) is 29.5 Å². The largest absolute Gasteiger partial charge is 0.463 e. The van der Waals surface area contributed by atoms with Crippen LogP contribution in [0.3, 0.4) is 0 Å². The summed E-state index contributed by atoms with van der Waals surface area (Å²) in [6.07, 6.45) is 3.10. The van der Waals surface area contributed by atoms with Crippen molar-refractivity contribution in [1.29, 1.82) is 0 Å². The Morgan fingerprint density at radius 1 is 1.17 bits per heavy atom. The van der Waals surface area contributed by atoms with E-state index in [2.05, 4.69) is 25.3 Å². The second kappa shape index (κ2) is 12.2. The summed E-state index contributed by atoms with van der Waals surface area (Å²) in [7, 11) is 0.421. The predicted molar refractivity (Wildman–Crippen MR) is 152 cm³/mol. The van der Waals surface area contributed by atoms with Crippen LogP contribution in [0.1, 0.15) is 10.4 Å². The summed E-state index contributed by atoms with van der Waals surface area (Å²) in [4.78, 5) is 26.8. The van der Waals surface area contributed by atoms with Crippen molar-refractivity contribution >= 4 is 39.9 Å². The van der Waals surface area contributed by atoms with E-state index in [4.69, 9.17) is 10.2 Å². The number of furan rings is 1. The highest BCUT2D eigenvalue weighted by molar-refractivity contribution is 7.84. The van der Waals surface area contributed by atoms with Gasteiger partial charge in [-0.15, -0.1) is 0 Å². The highest BCUT2D eigenvalue weighted by Gasteiger charge is 2.24. The Morgan fingerprint density at radius 3 is 2.66 bits per heavy atom. The molecule has 1 atom stereocenters. The number of nitrogens with two attached hydrogens (primary N) is 1. The molecule has 41 heavy (non-hydrogen) atoms. The summed E-state index contributed by atoms with van der Waals surface area (Å²) in [5.41, 5.74) is 7.19. The number of nitrogen functional groups attached to an aromatic ring is 1. The number of benzene rings is 1. The van der Waals surface area contributed by atoms with Crippen LogP contribution in [0.25, 0.3) is 17.1 Å². The number of amides is 1. The number of rotatable bonds is 10. The van der Waals surface area contributed by atoms with Crippen LogP contribution >= 0.6 is 0 Å². The number of nitrogens with one attached hydrogen (secondary N) is 1. The molecule has 0 aliphatic carbocycles. The van der Waals surface area contributed by atoms with Crippen LogP contribution in [0, 0.1) is 11.6 Å². The zero-order valence-electron chi connectivity index (χ0n) is 22.7. The smallest absolute Gasteiger partial charge is 0.256 e. The molecule has 3 N–H and O–H groups in total. The molecular formula is C26H31F2N9O3S. The van der Waals surface area contributed by atoms with Crippen molar-refractivity contribution in [1.82, 2.24) is 29.4 Å². The number of nitrogens with zero attached hydrogens (tertiary/aromatic N) is 7. The molecule has 1 fully saturated rings. The molecule has 0 unspecified atom stereocenters. The molecule has 1 amide bonds. The summed E-state index contributed by atoms with van der Waals surface area (Å²) in [6, 6.07) is 7.36. The first-order valence-electron chi connectivity index (χ1n) is 13.0. The lowest BCUT2D eigenvalue weighted by Gasteiger charge is -2.36. The van der Waals surface area contributed by atoms with Crippen molar-refractivity contribution in [3.8, 4) is 11.5 Å². The Kier molecular flexibility index (Phi) is 8.44. The Balaban J connectivity index is 1.16. The van der Waals surface area contributed by atoms with Gasteiger partial charge in [0.05, 0.1) is 17.5 Å². The average Bonchev–Trinajstić information content (AvgIpc) is 3.63. The zero-order valence-corrected chi connectivity index (χ0v) is 23.5. The van der Waals surface area contributed by atoms with Crippen LogP contribution in [0.4, 0.5) is 26.4 Å². The van der Waals surface area contributed by atoms with Gasteiger partial charge in [0.15, 0.2) is 11.4 Å². The van der Waals surface area contributed by atoms with Crippen molar-refractivity contribution in [2.24, 2.45) is 0 Å². The van der Waals surface area contributed by atoms with E-state index in [1.165, 1.54) is 28.8 Å². The standard InChI is InChI=1S/C26H31F2N9O3S/c1-34(11-13-41(2)39)24(38)17-14-21(19(28)15-18(17)27)36-9-7-35(8-10-36)6-5-30-26-31-23-16-20(22-4-3-12-40-22)33-37(23)25(29)32-26/h3-4,12,14-16H,5-11,13H2,1-2H3,(H3,29,30,31,32)/t41-/m1/s1. The second-order valence-corrected chi connectivity index (χ2v) is 11.3. The van der Waals surface area contributed by atoms with Crippen LogP contribution in [-0.4, -0.2) is 104 Å². The van der Waals surface area contributed by atoms with Crippen molar-refractivity contribution in [3.63, 3.8) is 0 Å². The van der Waals surface area contributed by atoms with Crippen molar-refractivity contribution in [2.45, 2.75) is 0 Å². The molecule has 5 rings (SSSR count). The molecule has 15 heteroatoms. The van der Waals surface area contributed by atoms with E-state index in [0.29, 0.717) is 62.3 Å². The van der Waals surface area contributed by atoms with Crippen LogP contribution in [-0.2, 0) is 10.8 Å². The quantitative estimate of drug-likeness (QED) is 0.283. The maximum absolute atomic E-state index is 14.7. The van der Waals surface area contributed by atoms with Crippen molar-refractivity contribution < 1.29 is 22.2 Å². The summed E-state index contributed by atoms with van der Waals surface area (Å²) in [5.74, 6) is -0.765. The van der Waals surface area contributed by atoms with Gasteiger partial charge in [0.2, 0.25) is 11.9 Å². The number of anilines is 3. The second-order valence-electron chi connectivity index (χ2n) is 9.73. The number of piperazine rings is 1. The lowest BCUT2D eigenvalue weighted by Crippen LogP contribution is -2.48. The minimum absolute atomic E-state index is 0.187. The highest BCUT2D eigenvalue weighted by atomic mass is 32.2. The molecule has 4 heterocycles. The van der Waals surface area contributed by atoms with E-state index in [0.717, 1.165) is 6.07 Å². The van der Waals surface area contributed by atoms with Gasteiger partial charge in [0, 0.05) is 87.8 Å². The molecule has 0 spiro atoms. The Hall–Kier alpha value is -4.11. The third-order valence-electron chi connectivity index (χ3n) is 6.87. The first kappa shape index (κ1) is 28.4. The molecule has 0 bridgehead atoms. The van der Waals surface area contributed by atoms with Gasteiger partial charge in [-0.1, -0.05) is 0 Å². The molecule has 1 saturated heterocycles. The van der Waals surface area contributed by atoms with Gasteiger partial charge in [-0.25, -0.2) is 8.78 Å². The van der Waals surface area contributed by atoms with E-state index in [1.54, 1.807) is 24.5 Å². The van der Waals surface area contributed by atoms with Crippen molar-refractivity contribution in [2.75, 3.05) is 80.8 Å². The fraction of sp³-hybridized carbons (Fsp3) is 0.385. The van der Waals surface area contributed by atoms with E-state index >= 15 is 0 Å². The van der Waals surface area contributed by atoms with Crippen LogP contribution < -0.4 is 16.0 Å². The van der Waals surface area contributed by atoms with E-state index < -0.39 is 28.3 Å². The fourth-order valence-corrected chi connectivity index (χ4v) is 5.12. The molecule has 4 aromatic rings. The molecule has 218 valence electrons. The average molecular weight is 588 g/mol. The van der Waals surface area contributed by atoms with Gasteiger partial charge in [-0.2, -0.15) is 19.6 Å². The number of halogens is 2. The van der Waals surface area contributed by atoms with Gasteiger partial charge >= 0.3 is 0 Å². The number of fused-ring (bicyclic) bond motifs is 1. The Labute approximate surface area is 237 Å². The van der Waals surface area contributed by atoms with E-state index in [1.807, 2.05) is 4.90 Å². The van der Waals surface area contributed by atoms with Gasteiger partial charge in [-0.05, 0) is 18.2 Å². The van der Waals surface area contributed by atoms with E-state index in [9.17, 15) is 17.8 Å². The summed E-state index contributed by atoms with van der Waals surface area (Å²) < 4.78 is 47.5. The first-order chi connectivity index (χ1) is 19.7. The van der Waals surface area contributed by atoms with Crippen molar-refractivity contribution in [3.05, 3.63) is 53.8 Å². The maximum Gasteiger partial charge on any atom is 0.256 e. The third-order valence-corrected chi connectivity index (χ3v) is 7.63. The SMILES string of the molecule is CN(CC[S@@](C)=O)C(=O)c1cc(N2CCN(CCNc3nc(N)n4nc(-c5ccco5)cc4n3)CC2)c(F)cc1F.